The van der Waals surface area contributed by atoms with Crippen molar-refractivity contribution in [3.63, 3.8) is 0 Å². The highest BCUT2D eigenvalue weighted by Crippen LogP contribution is 2.40. The highest BCUT2D eigenvalue weighted by atomic mass is 19.4. The Bertz CT molecular complexity index is 953. The Morgan fingerprint density at radius 2 is 2.07 bits per heavy atom. The van der Waals surface area contributed by atoms with Crippen LogP contribution in [0.1, 0.15) is 42.1 Å². The third-order valence-corrected chi connectivity index (χ3v) is 4.91. The number of halogens is 3. The van der Waals surface area contributed by atoms with Crippen LogP contribution in [-0.2, 0) is 4.79 Å². The lowest BCUT2D eigenvalue weighted by Gasteiger charge is -2.24. The molecule has 0 fully saturated rings. The summed E-state index contributed by atoms with van der Waals surface area (Å²) in [4.78, 5) is 27.4. The number of para-hydroxylation sites is 1. The number of carboxylic acids is 1. The Morgan fingerprint density at radius 3 is 2.68 bits per heavy atom. The molecular formula is C20H19F3N2O3. The monoisotopic (exact) mass is 392 g/mol. The highest BCUT2D eigenvalue weighted by Gasteiger charge is 2.39. The summed E-state index contributed by atoms with van der Waals surface area (Å²) in [5.74, 6) is -3.02. The largest absolute Gasteiger partial charge is 0.480 e. The van der Waals surface area contributed by atoms with Crippen LogP contribution in [0.4, 0.5) is 13.2 Å². The number of rotatable bonds is 4. The second kappa shape index (κ2) is 7.61. The zero-order valence-corrected chi connectivity index (χ0v) is 15.1. The molecular weight excluding hydrogens is 373 g/mol. The van der Waals surface area contributed by atoms with Gasteiger partial charge in [0.15, 0.2) is 0 Å². The fourth-order valence-electron chi connectivity index (χ4n) is 3.26. The molecule has 1 aromatic heterocycles. The van der Waals surface area contributed by atoms with E-state index in [1.807, 2.05) is 0 Å². The Labute approximate surface area is 159 Å². The van der Waals surface area contributed by atoms with Crippen LogP contribution in [0, 0.1) is 5.92 Å². The number of fused-ring (bicyclic) bond motifs is 1. The van der Waals surface area contributed by atoms with Gasteiger partial charge in [0.2, 0.25) is 0 Å². The van der Waals surface area contributed by atoms with Crippen molar-refractivity contribution in [3.8, 4) is 0 Å². The van der Waals surface area contributed by atoms with E-state index in [1.165, 1.54) is 13.1 Å². The first-order valence-corrected chi connectivity index (χ1v) is 8.85. The molecule has 2 aromatic rings. The van der Waals surface area contributed by atoms with Gasteiger partial charge in [-0.05, 0) is 37.8 Å². The number of nitrogens with zero attached hydrogens (tertiary/aromatic N) is 1. The molecule has 3 rings (SSSR count). The normalized spacial score (nSPS) is 18.4. The molecule has 8 heteroatoms. The van der Waals surface area contributed by atoms with E-state index in [-0.39, 0.29) is 18.4 Å². The lowest BCUT2D eigenvalue weighted by molar-refractivity contribution is -0.175. The quantitative estimate of drug-likeness (QED) is 0.818. The summed E-state index contributed by atoms with van der Waals surface area (Å²) in [6, 6.07) is 5.88. The summed E-state index contributed by atoms with van der Waals surface area (Å²) in [5.41, 5.74) is 2.38. The van der Waals surface area contributed by atoms with E-state index in [9.17, 15) is 22.8 Å². The number of hydrogen-bond donors (Lipinski definition) is 2. The van der Waals surface area contributed by atoms with Crippen LogP contribution in [0.15, 0.2) is 36.5 Å². The van der Waals surface area contributed by atoms with E-state index < -0.39 is 30.0 Å². The van der Waals surface area contributed by atoms with E-state index in [2.05, 4.69) is 10.3 Å². The molecule has 1 unspecified atom stereocenters. The number of aromatic nitrogens is 1. The molecule has 1 amide bonds. The van der Waals surface area contributed by atoms with Gasteiger partial charge in [0.1, 0.15) is 6.04 Å². The number of amides is 1. The first-order valence-electron chi connectivity index (χ1n) is 8.85. The van der Waals surface area contributed by atoms with Crippen LogP contribution in [0.25, 0.3) is 16.5 Å². The van der Waals surface area contributed by atoms with Gasteiger partial charge in [0.05, 0.1) is 17.0 Å². The summed E-state index contributed by atoms with van der Waals surface area (Å²) in [5, 5.41) is 11.9. The van der Waals surface area contributed by atoms with E-state index in [0.717, 1.165) is 11.1 Å². The van der Waals surface area contributed by atoms with Crippen molar-refractivity contribution in [1.82, 2.24) is 10.3 Å². The van der Waals surface area contributed by atoms with Crippen molar-refractivity contribution in [2.24, 2.45) is 5.92 Å². The Balaban J connectivity index is 1.88. The molecule has 0 spiro atoms. The second-order valence-corrected chi connectivity index (χ2v) is 6.88. The number of carbonyl (C=O) groups excluding carboxylic acids is 1. The minimum atomic E-state index is -4.19. The SMILES string of the molecule is C[C@@H](NC(=O)c1cnc2c(C3=CCC(C(F)(F)F)CC3)cccc2c1)C(=O)O. The van der Waals surface area contributed by atoms with Gasteiger partial charge in [-0.3, -0.25) is 14.6 Å². The zero-order chi connectivity index (χ0) is 20.5. The summed E-state index contributed by atoms with van der Waals surface area (Å²) in [6.45, 7) is 1.36. The molecule has 28 heavy (non-hydrogen) atoms. The number of pyridine rings is 1. The molecule has 0 radical (unpaired) electrons. The number of carbonyl (C=O) groups is 2. The van der Waals surface area contributed by atoms with Crippen LogP contribution in [0.5, 0.6) is 0 Å². The van der Waals surface area contributed by atoms with Crippen LogP contribution < -0.4 is 5.32 Å². The number of alkyl halides is 3. The molecule has 148 valence electrons. The lowest BCUT2D eigenvalue weighted by Crippen LogP contribution is -2.38. The van der Waals surface area contributed by atoms with Crippen molar-refractivity contribution < 1.29 is 27.9 Å². The number of benzene rings is 1. The molecule has 2 atom stereocenters. The molecule has 0 saturated heterocycles. The first-order chi connectivity index (χ1) is 13.2. The van der Waals surface area contributed by atoms with Crippen molar-refractivity contribution >= 4 is 28.4 Å². The zero-order valence-electron chi connectivity index (χ0n) is 15.1. The maximum absolute atomic E-state index is 12.9. The van der Waals surface area contributed by atoms with E-state index in [1.54, 1.807) is 30.3 Å². The van der Waals surface area contributed by atoms with Crippen molar-refractivity contribution in [3.05, 3.63) is 47.7 Å². The van der Waals surface area contributed by atoms with Gasteiger partial charge in [-0.25, -0.2) is 0 Å². The van der Waals surface area contributed by atoms with Gasteiger partial charge in [-0.15, -0.1) is 0 Å². The fraction of sp³-hybridized carbons (Fsp3) is 0.350. The second-order valence-electron chi connectivity index (χ2n) is 6.88. The summed E-state index contributed by atoms with van der Waals surface area (Å²) >= 11 is 0. The minimum Gasteiger partial charge on any atom is -0.480 e. The number of carboxylic acid groups (broad SMARTS) is 1. The summed E-state index contributed by atoms with van der Waals surface area (Å²) in [7, 11) is 0. The number of allylic oxidation sites excluding steroid dienone is 2. The molecule has 1 aliphatic rings. The van der Waals surface area contributed by atoms with Crippen molar-refractivity contribution in [2.75, 3.05) is 0 Å². The molecule has 2 N–H and O–H groups in total. The number of nitrogens with one attached hydrogen (secondary N) is 1. The summed E-state index contributed by atoms with van der Waals surface area (Å²) < 4.78 is 38.6. The van der Waals surface area contributed by atoms with Crippen LogP contribution >= 0.6 is 0 Å². The van der Waals surface area contributed by atoms with Crippen LogP contribution in [0.3, 0.4) is 0 Å². The Morgan fingerprint density at radius 1 is 1.32 bits per heavy atom. The molecule has 5 nitrogen and oxygen atoms in total. The minimum absolute atomic E-state index is 0.0410. The fourth-order valence-corrected chi connectivity index (χ4v) is 3.26. The average molecular weight is 392 g/mol. The van der Waals surface area contributed by atoms with Gasteiger partial charge in [-0.2, -0.15) is 13.2 Å². The van der Waals surface area contributed by atoms with Gasteiger partial charge in [0.25, 0.3) is 5.91 Å². The first kappa shape index (κ1) is 19.9. The maximum Gasteiger partial charge on any atom is 0.392 e. The van der Waals surface area contributed by atoms with Gasteiger partial charge >= 0.3 is 12.1 Å². The topological polar surface area (TPSA) is 79.3 Å². The van der Waals surface area contributed by atoms with E-state index in [0.29, 0.717) is 17.3 Å². The van der Waals surface area contributed by atoms with Crippen LogP contribution in [-0.4, -0.2) is 34.2 Å². The number of aliphatic carboxylic acids is 1. The third-order valence-electron chi connectivity index (χ3n) is 4.91. The van der Waals surface area contributed by atoms with Crippen molar-refractivity contribution in [1.29, 1.82) is 0 Å². The maximum atomic E-state index is 12.9. The lowest BCUT2D eigenvalue weighted by atomic mass is 9.85. The average Bonchev–Trinajstić information content (AvgIpc) is 2.66. The van der Waals surface area contributed by atoms with E-state index >= 15 is 0 Å². The molecule has 1 aliphatic carbocycles. The smallest absolute Gasteiger partial charge is 0.392 e. The standard InChI is InChI=1S/C20H19F3N2O3/c1-11(19(27)28)25-18(26)14-9-13-3-2-4-16(17(13)24-10-14)12-5-7-15(8-6-12)20(21,22)23/h2-5,9-11,15H,6-8H2,1H3,(H,25,26)(H,27,28)/t11-,15?/m1/s1. The highest BCUT2D eigenvalue weighted by molar-refractivity contribution is 6.00. The molecule has 0 bridgehead atoms. The van der Waals surface area contributed by atoms with Gasteiger partial charge in [0, 0.05) is 17.1 Å². The van der Waals surface area contributed by atoms with Crippen LogP contribution in [0.2, 0.25) is 0 Å². The van der Waals surface area contributed by atoms with Gasteiger partial charge < -0.3 is 10.4 Å². The Hall–Kier alpha value is -2.90. The van der Waals surface area contributed by atoms with Gasteiger partial charge in [-0.1, -0.05) is 24.3 Å². The number of hydrogen-bond acceptors (Lipinski definition) is 3. The van der Waals surface area contributed by atoms with E-state index in [4.69, 9.17) is 5.11 Å². The van der Waals surface area contributed by atoms with Crippen molar-refractivity contribution in [2.45, 2.75) is 38.4 Å². The third kappa shape index (κ3) is 4.16. The summed E-state index contributed by atoms with van der Waals surface area (Å²) in [6.07, 6.45) is -0.926. The Kier molecular flexibility index (Phi) is 5.40. The molecule has 1 heterocycles. The molecule has 0 aliphatic heterocycles. The molecule has 1 aromatic carbocycles. The predicted octanol–water partition coefficient (Wildman–Crippen LogP) is 4.18. The predicted molar refractivity (Wildman–Crippen MR) is 97.7 cm³/mol. The molecule has 0 saturated carbocycles.